The summed E-state index contributed by atoms with van der Waals surface area (Å²) in [4.78, 5) is 21.0. The quantitative estimate of drug-likeness (QED) is 0.932. The molecule has 2 aliphatic heterocycles. The van der Waals surface area contributed by atoms with Gasteiger partial charge >= 0.3 is 6.03 Å². The normalized spacial score (nSPS) is 20.6. The van der Waals surface area contributed by atoms with Crippen molar-refractivity contribution in [3.05, 3.63) is 23.9 Å². The molecule has 0 aromatic carbocycles. The number of hydrogen-bond acceptors (Lipinski definition) is 3. The van der Waals surface area contributed by atoms with Gasteiger partial charge in [-0.3, -0.25) is 0 Å². The highest BCUT2D eigenvalue weighted by molar-refractivity contribution is 5.76. The SMILES string of the molecule is CC1(C)CCN1C(=O)NCc1ccnc(N2CCCCCC2)c1. The lowest BCUT2D eigenvalue weighted by Crippen LogP contribution is -2.61. The molecule has 0 bridgehead atoms. The second-order valence-electron chi connectivity index (χ2n) is 7.30. The van der Waals surface area contributed by atoms with Gasteiger partial charge in [0, 0.05) is 37.9 Å². The number of carbonyl (C=O) groups excluding carboxylic acids is 1. The Bertz CT molecular complexity index is 550. The molecule has 3 rings (SSSR count). The van der Waals surface area contributed by atoms with Crippen molar-refractivity contribution < 1.29 is 4.79 Å². The third-order valence-electron chi connectivity index (χ3n) is 5.11. The van der Waals surface area contributed by atoms with Crippen LogP contribution in [0.5, 0.6) is 0 Å². The predicted molar refractivity (Wildman–Crippen MR) is 92.6 cm³/mol. The second-order valence-corrected chi connectivity index (χ2v) is 7.30. The van der Waals surface area contributed by atoms with Crippen molar-refractivity contribution in [3.8, 4) is 0 Å². The molecule has 0 radical (unpaired) electrons. The van der Waals surface area contributed by atoms with E-state index in [1.54, 1.807) is 0 Å². The topological polar surface area (TPSA) is 48.5 Å². The van der Waals surface area contributed by atoms with Gasteiger partial charge in [-0.1, -0.05) is 12.8 Å². The fraction of sp³-hybridized carbons (Fsp3) is 0.667. The van der Waals surface area contributed by atoms with Crippen molar-refractivity contribution in [2.75, 3.05) is 24.5 Å². The van der Waals surface area contributed by atoms with Crippen molar-refractivity contribution in [1.29, 1.82) is 0 Å². The molecule has 0 aliphatic carbocycles. The van der Waals surface area contributed by atoms with E-state index in [-0.39, 0.29) is 11.6 Å². The summed E-state index contributed by atoms with van der Waals surface area (Å²) in [7, 11) is 0. The summed E-state index contributed by atoms with van der Waals surface area (Å²) in [5.74, 6) is 1.04. The number of hydrogen-bond donors (Lipinski definition) is 1. The summed E-state index contributed by atoms with van der Waals surface area (Å²) in [5.41, 5.74) is 1.12. The van der Waals surface area contributed by atoms with E-state index in [0.29, 0.717) is 6.54 Å². The number of nitrogens with one attached hydrogen (secondary N) is 1. The van der Waals surface area contributed by atoms with E-state index < -0.39 is 0 Å². The highest BCUT2D eigenvalue weighted by Gasteiger charge is 2.39. The Hall–Kier alpha value is -1.78. The minimum Gasteiger partial charge on any atom is -0.357 e. The van der Waals surface area contributed by atoms with Crippen LogP contribution in [-0.2, 0) is 6.54 Å². The van der Waals surface area contributed by atoms with Crippen LogP contribution < -0.4 is 10.2 Å². The first-order chi connectivity index (χ1) is 11.1. The fourth-order valence-corrected chi connectivity index (χ4v) is 3.36. The summed E-state index contributed by atoms with van der Waals surface area (Å²) in [5, 5.41) is 3.04. The standard InChI is InChI=1S/C18H28N4O/c1-18(2)8-12-22(18)17(23)20-14-15-7-9-19-16(13-15)21-10-5-3-4-6-11-21/h7,9,13H,3-6,8,10-12,14H2,1-2H3,(H,20,23). The minimum absolute atomic E-state index is 0.000458. The lowest BCUT2D eigenvalue weighted by Gasteiger charge is -2.48. The summed E-state index contributed by atoms with van der Waals surface area (Å²) in [6, 6.07) is 4.14. The molecule has 0 saturated carbocycles. The monoisotopic (exact) mass is 316 g/mol. The van der Waals surface area contributed by atoms with Crippen LogP contribution in [-0.4, -0.2) is 41.1 Å². The average molecular weight is 316 g/mol. The molecular formula is C18H28N4O. The third kappa shape index (κ3) is 3.77. The predicted octanol–water partition coefficient (Wildman–Crippen LogP) is 3.16. The number of aromatic nitrogens is 1. The molecule has 5 heteroatoms. The summed E-state index contributed by atoms with van der Waals surface area (Å²) in [6.07, 6.45) is 8.05. The molecule has 1 aromatic heterocycles. The molecule has 5 nitrogen and oxygen atoms in total. The van der Waals surface area contributed by atoms with Gasteiger partial charge in [0.15, 0.2) is 0 Å². The molecule has 0 spiro atoms. The van der Waals surface area contributed by atoms with E-state index in [1.165, 1.54) is 25.7 Å². The van der Waals surface area contributed by atoms with Crippen molar-refractivity contribution >= 4 is 11.8 Å². The lowest BCUT2D eigenvalue weighted by atomic mass is 9.89. The van der Waals surface area contributed by atoms with Crippen molar-refractivity contribution in [1.82, 2.24) is 15.2 Å². The van der Waals surface area contributed by atoms with Crippen LogP contribution in [0.4, 0.5) is 10.6 Å². The molecule has 1 N–H and O–H groups in total. The average Bonchev–Trinajstić information content (AvgIpc) is 2.81. The highest BCUT2D eigenvalue weighted by atomic mass is 16.2. The first-order valence-electron chi connectivity index (χ1n) is 8.82. The molecular weight excluding hydrogens is 288 g/mol. The van der Waals surface area contributed by atoms with Crippen molar-refractivity contribution in [2.24, 2.45) is 0 Å². The van der Waals surface area contributed by atoms with E-state index >= 15 is 0 Å². The zero-order valence-electron chi connectivity index (χ0n) is 14.3. The van der Waals surface area contributed by atoms with Crippen LogP contribution in [0, 0.1) is 0 Å². The number of nitrogens with zero attached hydrogens (tertiary/aromatic N) is 3. The maximum absolute atomic E-state index is 12.2. The maximum Gasteiger partial charge on any atom is 0.318 e. The van der Waals surface area contributed by atoms with Crippen LogP contribution >= 0.6 is 0 Å². The van der Waals surface area contributed by atoms with E-state index in [0.717, 1.165) is 37.4 Å². The lowest BCUT2D eigenvalue weighted by molar-refractivity contribution is 0.0531. The Morgan fingerprint density at radius 1 is 1.22 bits per heavy atom. The van der Waals surface area contributed by atoms with Gasteiger partial charge in [-0.2, -0.15) is 0 Å². The smallest absolute Gasteiger partial charge is 0.318 e. The highest BCUT2D eigenvalue weighted by Crippen LogP contribution is 2.29. The van der Waals surface area contributed by atoms with Gasteiger partial charge in [-0.25, -0.2) is 9.78 Å². The van der Waals surface area contributed by atoms with E-state index in [2.05, 4.69) is 35.1 Å². The molecule has 2 saturated heterocycles. The number of anilines is 1. The van der Waals surface area contributed by atoms with Gasteiger partial charge < -0.3 is 15.1 Å². The van der Waals surface area contributed by atoms with E-state index in [9.17, 15) is 4.79 Å². The molecule has 126 valence electrons. The molecule has 0 atom stereocenters. The molecule has 0 unspecified atom stereocenters. The van der Waals surface area contributed by atoms with Gasteiger partial charge in [0.05, 0.1) is 0 Å². The second kappa shape index (κ2) is 6.77. The molecule has 2 aliphatic rings. The first kappa shape index (κ1) is 16.1. The Labute approximate surface area is 139 Å². The minimum atomic E-state index is -0.000458. The number of carbonyl (C=O) groups is 1. The summed E-state index contributed by atoms with van der Waals surface area (Å²) >= 11 is 0. The number of urea groups is 1. The largest absolute Gasteiger partial charge is 0.357 e. The number of pyridine rings is 1. The van der Waals surface area contributed by atoms with Gasteiger partial charge in [0.2, 0.25) is 0 Å². The molecule has 23 heavy (non-hydrogen) atoms. The van der Waals surface area contributed by atoms with Crippen molar-refractivity contribution in [2.45, 2.75) is 58.0 Å². The van der Waals surface area contributed by atoms with Crippen LogP contribution in [0.1, 0.15) is 51.5 Å². The van der Waals surface area contributed by atoms with E-state index in [1.807, 2.05) is 17.2 Å². The summed E-state index contributed by atoms with van der Waals surface area (Å²) in [6.45, 7) is 7.82. The van der Waals surface area contributed by atoms with Crippen LogP contribution in [0.25, 0.3) is 0 Å². The Morgan fingerprint density at radius 2 is 1.96 bits per heavy atom. The number of likely N-dealkylation sites (tertiary alicyclic amines) is 1. The van der Waals surface area contributed by atoms with Crippen LogP contribution in [0.2, 0.25) is 0 Å². The number of amides is 2. The van der Waals surface area contributed by atoms with Gasteiger partial charge in [0.1, 0.15) is 5.82 Å². The Morgan fingerprint density at radius 3 is 2.57 bits per heavy atom. The molecule has 1 aromatic rings. The zero-order chi connectivity index (χ0) is 16.3. The Balaban J connectivity index is 1.58. The molecule has 3 heterocycles. The van der Waals surface area contributed by atoms with Gasteiger partial charge in [-0.15, -0.1) is 0 Å². The van der Waals surface area contributed by atoms with Gasteiger partial charge in [-0.05, 0) is 50.8 Å². The molecule has 2 fully saturated rings. The third-order valence-corrected chi connectivity index (χ3v) is 5.11. The Kier molecular flexibility index (Phi) is 4.74. The first-order valence-corrected chi connectivity index (χ1v) is 8.82. The summed E-state index contributed by atoms with van der Waals surface area (Å²) < 4.78 is 0. The number of rotatable bonds is 3. The maximum atomic E-state index is 12.2. The van der Waals surface area contributed by atoms with Crippen LogP contribution in [0.3, 0.4) is 0 Å². The van der Waals surface area contributed by atoms with Gasteiger partial charge in [0.25, 0.3) is 0 Å². The zero-order valence-corrected chi connectivity index (χ0v) is 14.3. The fourth-order valence-electron chi connectivity index (χ4n) is 3.36. The van der Waals surface area contributed by atoms with E-state index in [4.69, 9.17) is 0 Å². The molecule has 2 amide bonds. The van der Waals surface area contributed by atoms with Crippen molar-refractivity contribution in [3.63, 3.8) is 0 Å². The van der Waals surface area contributed by atoms with Crippen LogP contribution in [0.15, 0.2) is 18.3 Å².